The molecule has 3 saturated carbocycles. The molecule has 4 aliphatic heterocycles. The first-order chi connectivity index (χ1) is 30.9. The van der Waals surface area contributed by atoms with E-state index in [1.165, 1.54) is 19.8 Å². The van der Waals surface area contributed by atoms with E-state index in [4.69, 9.17) is 52.1 Å². The zero-order valence-corrected chi connectivity index (χ0v) is 39.9. The Morgan fingerprint density at radius 3 is 2.00 bits per heavy atom. The van der Waals surface area contributed by atoms with Crippen LogP contribution in [0.15, 0.2) is 11.6 Å². The monoisotopic (exact) mass is 929 g/mol. The molecule has 25 atom stereocenters. The third-order valence-electron chi connectivity index (χ3n) is 17.7. The number of rotatable bonds is 13. The van der Waals surface area contributed by atoms with Crippen LogP contribution in [0.25, 0.3) is 0 Å². The molecule has 65 heavy (non-hydrogen) atoms. The lowest BCUT2D eigenvalue weighted by Crippen LogP contribution is -2.64. The summed E-state index contributed by atoms with van der Waals surface area (Å²) in [5.41, 5.74) is 0.414. The van der Waals surface area contributed by atoms with Gasteiger partial charge in [0.1, 0.15) is 42.7 Å². The van der Waals surface area contributed by atoms with Gasteiger partial charge in [0.25, 0.3) is 0 Å². The molecule has 0 aromatic rings. The first kappa shape index (κ1) is 50.4. The summed E-state index contributed by atoms with van der Waals surface area (Å²) in [6.45, 7) is 11.4. The van der Waals surface area contributed by atoms with Crippen molar-refractivity contribution in [3.63, 3.8) is 0 Å². The van der Waals surface area contributed by atoms with Gasteiger partial charge >= 0.3 is 0 Å². The highest BCUT2D eigenvalue weighted by molar-refractivity contribution is 5.28. The molecule has 4 saturated heterocycles. The fraction of sp³-hybridized carbons (Fsp3) is 0.958. The zero-order valence-electron chi connectivity index (χ0n) is 39.9. The van der Waals surface area contributed by atoms with Gasteiger partial charge in [-0.2, -0.15) is 0 Å². The predicted octanol–water partition coefficient (Wildman–Crippen LogP) is 2.85. The quantitative estimate of drug-likeness (QED) is 0.146. The van der Waals surface area contributed by atoms with Gasteiger partial charge in [-0.3, -0.25) is 0 Å². The fourth-order valence-corrected chi connectivity index (χ4v) is 14.0. The van der Waals surface area contributed by atoms with E-state index in [0.717, 1.165) is 51.4 Å². The molecule has 0 amide bonds. The second kappa shape index (κ2) is 20.1. The molecule has 6 N–H and O–H groups in total. The van der Waals surface area contributed by atoms with E-state index >= 15 is 0 Å². The van der Waals surface area contributed by atoms with Crippen molar-refractivity contribution in [2.45, 2.75) is 234 Å². The normalized spacial score (nSPS) is 53.1. The number of allylic oxidation sites excluding steroid dienone is 1. The van der Waals surface area contributed by atoms with Gasteiger partial charge in [0, 0.05) is 46.0 Å². The van der Waals surface area contributed by atoms with Crippen LogP contribution in [0.3, 0.4) is 0 Å². The molecule has 4 aliphatic carbocycles. The van der Waals surface area contributed by atoms with Gasteiger partial charge in [0.05, 0.1) is 61.0 Å². The Hall–Kier alpha value is -0.940. The van der Waals surface area contributed by atoms with E-state index in [0.29, 0.717) is 12.3 Å². The highest BCUT2D eigenvalue weighted by Crippen LogP contribution is 2.68. The summed E-state index contributed by atoms with van der Waals surface area (Å²) in [6.07, 6.45) is -3.90. The summed E-state index contributed by atoms with van der Waals surface area (Å²) in [6, 6.07) is 0. The van der Waals surface area contributed by atoms with Crippen LogP contribution in [0.5, 0.6) is 0 Å². The van der Waals surface area contributed by atoms with Crippen molar-refractivity contribution in [2.75, 3.05) is 27.9 Å². The Bertz CT molecular complexity index is 1610. The smallest absolute Gasteiger partial charge is 0.187 e. The maximum atomic E-state index is 12.4. The maximum Gasteiger partial charge on any atom is 0.187 e. The average molecular weight is 929 g/mol. The van der Waals surface area contributed by atoms with Crippen molar-refractivity contribution < 1.29 is 82.7 Å². The minimum absolute atomic E-state index is 0.00343. The van der Waals surface area contributed by atoms with E-state index < -0.39 is 117 Å². The molecule has 4 heterocycles. The van der Waals surface area contributed by atoms with Gasteiger partial charge in [-0.1, -0.05) is 25.5 Å². The summed E-state index contributed by atoms with van der Waals surface area (Å²) in [4.78, 5) is 0. The second-order valence-corrected chi connectivity index (χ2v) is 21.2. The van der Waals surface area contributed by atoms with Crippen molar-refractivity contribution >= 4 is 0 Å². The maximum absolute atomic E-state index is 12.4. The lowest BCUT2D eigenvalue weighted by Gasteiger charge is -2.61. The number of aliphatic hydroxyl groups is 6. The van der Waals surface area contributed by atoms with Gasteiger partial charge in [-0.25, -0.2) is 0 Å². The summed E-state index contributed by atoms with van der Waals surface area (Å²) < 4.78 is 67.3. The Kier molecular flexibility index (Phi) is 15.6. The van der Waals surface area contributed by atoms with Crippen LogP contribution in [0.2, 0.25) is 0 Å². The predicted molar refractivity (Wildman–Crippen MR) is 231 cm³/mol. The molecule has 8 rings (SSSR count). The number of ether oxygens (including phenoxy) is 11. The minimum Gasteiger partial charge on any atom is -0.394 e. The van der Waals surface area contributed by atoms with E-state index in [9.17, 15) is 30.6 Å². The lowest BCUT2D eigenvalue weighted by atomic mass is 9.45. The molecule has 0 radical (unpaired) electrons. The van der Waals surface area contributed by atoms with Crippen LogP contribution in [0.4, 0.5) is 0 Å². The number of methoxy groups -OCH3 is 3. The highest BCUT2D eigenvalue weighted by Gasteiger charge is 2.67. The topological polar surface area (TPSA) is 223 Å². The number of hydrogen-bond donors (Lipinski definition) is 6. The lowest BCUT2D eigenvalue weighted by molar-refractivity contribution is -0.367. The van der Waals surface area contributed by atoms with Crippen LogP contribution >= 0.6 is 0 Å². The van der Waals surface area contributed by atoms with Gasteiger partial charge in [0.2, 0.25) is 0 Å². The Morgan fingerprint density at radius 2 is 1.34 bits per heavy atom. The summed E-state index contributed by atoms with van der Waals surface area (Å²) >= 11 is 0. The van der Waals surface area contributed by atoms with Crippen LogP contribution in [-0.2, 0) is 52.1 Å². The first-order valence-electron chi connectivity index (χ1n) is 24.5. The van der Waals surface area contributed by atoms with Crippen molar-refractivity contribution in [1.82, 2.24) is 0 Å². The number of fused-ring (bicyclic) bond motifs is 5. The van der Waals surface area contributed by atoms with Crippen molar-refractivity contribution in [3.05, 3.63) is 11.6 Å². The first-order valence-corrected chi connectivity index (χ1v) is 24.5. The van der Waals surface area contributed by atoms with Crippen LogP contribution in [0, 0.1) is 28.6 Å². The Labute approximate surface area is 384 Å². The third kappa shape index (κ3) is 9.29. The number of hydrogen-bond acceptors (Lipinski definition) is 17. The van der Waals surface area contributed by atoms with Crippen molar-refractivity contribution in [1.29, 1.82) is 0 Å². The molecule has 17 nitrogen and oxygen atoms in total. The van der Waals surface area contributed by atoms with E-state index in [1.807, 2.05) is 13.8 Å². The SMILES string of the molecule is CO[C@H]1[C@H](O)[C@@H](O[C@H]2[C@H](O)C[C@H](O[C@@H]3[C@@H](C)O[C@@H](O[C@H]4CC[C@@]5(C)C(=CC[C@H]6[C@H]5CC[C@@]5(C)[C@H]([C@H](C)O)CC[C@]65O)C4)C[C@H]3OC)O[C@@H]2C)O[C@@H](CO)[C@@H]1O[C@H]1C[C@@H](OC)[C@H](O)[C@@H](C)O1. The molecule has 0 bridgehead atoms. The molecular formula is C48H80O17. The van der Waals surface area contributed by atoms with Gasteiger partial charge in [-0.05, 0) is 102 Å². The average Bonchev–Trinajstić information content (AvgIpc) is 3.55. The zero-order chi connectivity index (χ0) is 46.7. The molecular weight excluding hydrogens is 849 g/mol. The van der Waals surface area contributed by atoms with Crippen LogP contribution < -0.4 is 0 Å². The summed E-state index contributed by atoms with van der Waals surface area (Å²) in [5, 5.41) is 66.7. The summed E-state index contributed by atoms with van der Waals surface area (Å²) in [7, 11) is 4.55. The van der Waals surface area contributed by atoms with Crippen molar-refractivity contribution in [2.24, 2.45) is 28.6 Å². The molecule has 17 heteroatoms. The van der Waals surface area contributed by atoms with Gasteiger partial charge in [-0.15, -0.1) is 0 Å². The number of aliphatic hydroxyl groups excluding tert-OH is 5. The van der Waals surface area contributed by atoms with E-state index in [-0.39, 0.29) is 47.7 Å². The van der Waals surface area contributed by atoms with E-state index in [1.54, 1.807) is 21.0 Å². The van der Waals surface area contributed by atoms with Crippen LogP contribution in [-0.4, -0.2) is 181 Å². The highest BCUT2D eigenvalue weighted by atomic mass is 16.8. The molecule has 0 unspecified atom stereocenters. The molecule has 7 fully saturated rings. The molecule has 0 aromatic heterocycles. The van der Waals surface area contributed by atoms with E-state index in [2.05, 4.69) is 19.9 Å². The third-order valence-corrected chi connectivity index (χ3v) is 17.7. The van der Waals surface area contributed by atoms with Crippen molar-refractivity contribution in [3.8, 4) is 0 Å². The Balaban J connectivity index is 0.833. The molecule has 0 aromatic carbocycles. The summed E-state index contributed by atoms with van der Waals surface area (Å²) in [5.74, 6) is 0.723. The van der Waals surface area contributed by atoms with Crippen LogP contribution in [0.1, 0.15) is 112 Å². The molecule has 374 valence electrons. The second-order valence-electron chi connectivity index (χ2n) is 21.2. The van der Waals surface area contributed by atoms with Gasteiger partial charge < -0.3 is 82.7 Å². The minimum atomic E-state index is -1.38. The van der Waals surface area contributed by atoms with Gasteiger partial charge in [0.15, 0.2) is 25.2 Å². The molecule has 8 aliphatic rings. The Morgan fingerprint density at radius 1 is 0.692 bits per heavy atom. The largest absolute Gasteiger partial charge is 0.394 e. The standard InChI is InChI=1S/C48H80O17/c1-23(50)29-14-17-48(54)31-11-10-27-18-28(12-15-46(27,5)30(31)13-16-47(29,48)6)61-37-21-34(56-8)42(26(4)60-37)63-36-19-32(51)41(25(3)59-36)65-45-40(53)44(57-9)43(35(22-49)62-45)64-38-20-33(55-7)39(52)24(2)58-38/h10,23-26,28-45,49-54H,11-22H2,1-9H3/t23-,24+,25+,26+,28-,29-,30+,31-,32+,33+,34+,35-,36-,37-,38-,39+,40-,41+,42+,43-,44-,45+,46-,47-,48-/m0/s1. The fourth-order valence-electron chi connectivity index (χ4n) is 14.0. The molecule has 0 spiro atoms.